The summed E-state index contributed by atoms with van der Waals surface area (Å²) in [5.74, 6) is -1.20. The standard InChI is InChI=1S/C15H16N2O5S/c1-2-5-21-9-11(15(19)20)17-13(18)7-10-8-22-14(16-10)12-4-3-6-23-12/h2-4,6,8,11H,1,5,7,9H2,(H,17,18)(H,19,20). The molecule has 2 rings (SSSR count). The maximum Gasteiger partial charge on any atom is 0.328 e. The number of carboxylic acids is 1. The lowest BCUT2D eigenvalue weighted by Crippen LogP contribution is -2.44. The first-order valence-electron chi connectivity index (χ1n) is 6.79. The minimum atomic E-state index is -1.16. The Labute approximate surface area is 136 Å². The van der Waals surface area contributed by atoms with Crippen LogP contribution >= 0.6 is 11.3 Å². The van der Waals surface area contributed by atoms with Gasteiger partial charge in [-0.3, -0.25) is 4.79 Å². The Morgan fingerprint density at radius 3 is 3.04 bits per heavy atom. The number of nitrogens with zero attached hydrogens (tertiary/aromatic N) is 1. The number of aromatic nitrogens is 1. The van der Waals surface area contributed by atoms with Crippen molar-refractivity contribution in [3.8, 4) is 10.8 Å². The number of amides is 1. The van der Waals surface area contributed by atoms with Crippen molar-refractivity contribution in [1.82, 2.24) is 10.3 Å². The zero-order valence-electron chi connectivity index (χ0n) is 12.2. The number of thiophene rings is 1. The van der Waals surface area contributed by atoms with Crippen molar-refractivity contribution >= 4 is 23.2 Å². The molecule has 7 nitrogen and oxygen atoms in total. The quantitative estimate of drug-likeness (QED) is 0.534. The van der Waals surface area contributed by atoms with Crippen molar-refractivity contribution in [1.29, 1.82) is 0 Å². The van der Waals surface area contributed by atoms with Crippen molar-refractivity contribution in [2.45, 2.75) is 12.5 Å². The molecule has 2 aromatic rings. The number of nitrogens with one attached hydrogen (secondary N) is 1. The second-order valence-corrected chi connectivity index (χ2v) is 5.53. The second-order valence-electron chi connectivity index (χ2n) is 4.58. The Bertz CT molecular complexity index is 665. The third-order valence-corrected chi connectivity index (χ3v) is 3.64. The SMILES string of the molecule is C=CCOCC(NC(=O)Cc1coc(-c2cccs2)n1)C(=O)O. The molecule has 0 saturated carbocycles. The monoisotopic (exact) mass is 336 g/mol. The van der Waals surface area contributed by atoms with Crippen LogP contribution in [0.25, 0.3) is 10.8 Å². The molecule has 1 amide bonds. The van der Waals surface area contributed by atoms with Crippen molar-refractivity contribution in [2.24, 2.45) is 0 Å². The molecular formula is C15H16N2O5S. The van der Waals surface area contributed by atoms with E-state index in [0.717, 1.165) is 4.88 Å². The van der Waals surface area contributed by atoms with Gasteiger partial charge in [-0.15, -0.1) is 17.9 Å². The fourth-order valence-electron chi connectivity index (χ4n) is 1.76. The molecule has 2 aromatic heterocycles. The summed E-state index contributed by atoms with van der Waals surface area (Å²) < 4.78 is 10.4. The number of oxazole rings is 1. The van der Waals surface area contributed by atoms with Crippen LogP contribution in [0.15, 0.2) is 40.8 Å². The molecule has 0 fully saturated rings. The second kappa shape index (κ2) is 8.25. The normalized spacial score (nSPS) is 11.8. The molecule has 8 heteroatoms. The molecule has 2 N–H and O–H groups in total. The first kappa shape index (κ1) is 16.9. The van der Waals surface area contributed by atoms with Crippen LogP contribution in [0.4, 0.5) is 0 Å². The van der Waals surface area contributed by atoms with E-state index in [4.69, 9.17) is 14.3 Å². The summed E-state index contributed by atoms with van der Waals surface area (Å²) in [7, 11) is 0. The number of hydrogen-bond donors (Lipinski definition) is 2. The lowest BCUT2D eigenvalue weighted by atomic mass is 10.2. The Kier molecular flexibility index (Phi) is 6.07. The van der Waals surface area contributed by atoms with Crippen molar-refractivity contribution in [2.75, 3.05) is 13.2 Å². The number of carboxylic acid groups (broad SMARTS) is 1. The van der Waals surface area contributed by atoms with Gasteiger partial charge < -0.3 is 19.6 Å². The molecule has 2 heterocycles. The fourth-order valence-corrected chi connectivity index (χ4v) is 2.41. The van der Waals surface area contributed by atoms with E-state index in [0.29, 0.717) is 11.6 Å². The van der Waals surface area contributed by atoms with E-state index in [2.05, 4.69) is 16.9 Å². The van der Waals surface area contributed by atoms with Gasteiger partial charge in [0.25, 0.3) is 0 Å². The molecule has 0 aliphatic carbocycles. The highest BCUT2D eigenvalue weighted by molar-refractivity contribution is 7.13. The minimum Gasteiger partial charge on any atom is -0.480 e. The number of hydrogen-bond acceptors (Lipinski definition) is 6. The van der Waals surface area contributed by atoms with Crippen LogP contribution in [0.2, 0.25) is 0 Å². The van der Waals surface area contributed by atoms with Crippen LogP contribution in [0.3, 0.4) is 0 Å². The Morgan fingerprint density at radius 1 is 1.57 bits per heavy atom. The van der Waals surface area contributed by atoms with Gasteiger partial charge in [0.1, 0.15) is 6.26 Å². The summed E-state index contributed by atoms with van der Waals surface area (Å²) in [6.07, 6.45) is 2.82. The van der Waals surface area contributed by atoms with E-state index < -0.39 is 17.9 Å². The van der Waals surface area contributed by atoms with E-state index in [1.165, 1.54) is 23.7 Å². The smallest absolute Gasteiger partial charge is 0.328 e. The fraction of sp³-hybridized carbons (Fsp3) is 0.267. The van der Waals surface area contributed by atoms with E-state index in [1.807, 2.05) is 17.5 Å². The summed E-state index contributed by atoms with van der Waals surface area (Å²) in [4.78, 5) is 28.1. The molecular weight excluding hydrogens is 320 g/mol. The van der Waals surface area contributed by atoms with Gasteiger partial charge in [0, 0.05) is 0 Å². The van der Waals surface area contributed by atoms with Gasteiger partial charge in [0.2, 0.25) is 11.8 Å². The van der Waals surface area contributed by atoms with Crippen molar-refractivity contribution in [3.63, 3.8) is 0 Å². The van der Waals surface area contributed by atoms with Crippen LogP contribution in [0.5, 0.6) is 0 Å². The van der Waals surface area contributed by atoms with Gasteiger partial charge in [0.15, 0.2) is 6.04 Å². The zero-order valence-corrected chi connectivity index (χ0v) is 13.0. The lowest BCUT2D eigenvalue weighted by molar-refractivity contribution is -0.143. The Morgan fingerprint density at radius 2 is 2.39 bits per heavy atom. The molecule has 0 spiro atoms. The minimum absolute atomic E-state index is 0.0693. The summed E-state index contributed by atoms with van der Waals surface area (Å²) in [5, 5.41) is 13.3. The summed E-state index contributed by atoms with van der Waals surface area (Å²) >= 11 is 1.47. The number of aliphatic carboxylic acids is 1. The maximum absolute atomic E-state index is 11.9. The molecule has 0 radical (unpaired) electrons. The molecule has 0 saturated heterocycles. The van der Waals surface area contributed by atoms with Crippen LogP contribution in [-0.4, -0.2) is 41.2 Å². The average molecular weight is 336 g/mol. The van der Waals surface area contributed by atoms with Gasteiger partial charge in [0.05, 0.1) is 30.2 Å². The highest BCUT2D eigenvalue weighted by atomic mass is 32.1. The van der Waals surface area contributed by atoms with Crippen LogP contribution < -0.4 is 5.32 Å². The molecule has 0 bridgehead atoms. The first-order valence-corrected chi connectivity index (χ1v) is 7.67. The van der Waals surface area contributed by atoms with Gasteiger partial charge in [-0.2, -0.15) is 0 Å². The van der Waals surface area contributed by atoms with Crippen LogP contribution in [-0.2, 0) is 20.7 Å². The Hall–Kier alpha value is -2.45. The molecule has 23 heavy (non-hydrogen) atoms. The largest absolute Gasteiger partial charge is 0.480 e. The molecule has 0 aliphatic heterocycles. The molecule has 122 valence electrons. The van der Waals surface area contributed by atoms with E-state index in [1.54, 1.807) is 0 Å². The first-order chi connectivity index (χ1) is 11.1. The lowest BCUT2D eigenvalue weighted by Gasteiger charge is -2.13. The third-order valence-electron chi connectivity index (χ3n) is 2.78. The van der Waals surface area contributed by atoms with Gasteiger partial charge in [-0.05, 0) is 11.4 Å². The Balaban J connectivity index is 1.90. The van der Waals surface area contributed by atoms with Crippen LogP contribution in [0, 0.1) is 0 Å². The van der Waals surface area contributed by atoms with E-state index in [9.17, 15) is 9.59 Å². The predicted octanol–water partition coefficient (Wildman–Crippen LogP) is 1.72. The molecule has 1 unspecified atom stereocenters. The van der Waals surface area contributed by atoms with Crippen molar-refractivity contribution in [3.05, 3.63) is 42.1 Å². The molecule has 0 aliphatic rings. The highest BCUT2D eigenvalue weighted by Gasteiger charge is 2.21. The number of ether oxygens (including phenoxy) is 1. The summed E-state index contributed by atoms with van der Waals surface area (Å²) in [5.41, 5.74) is 0.432. The summed E-state index contributed by atoms with van der Waals surface area (Å²) in [6, 6.07) is 2.61. The van der Waals surface area contributed by atoms with Crippen molar-refractivity contribution < 1.29 is 23.8 Å². The number of carbonyl (C=O) groups excluding carboxylic acids is 1. The maximum atomic E-state index is 11.9. The predicted molar refractivity (Wildman–Crippen MR) is 84.1 cm³/mol. The zero-order chi connectivity index (χ0) is 16.7. The number of rotatable bonds is 9. The van der Waals surface area contributed by atoms with Crippen LogP contribution in [0.1, 0.15) is 5.69 Å². The number of carbonyl (C=O) groups is 2. The molecule has 1 atom stereocenters. The average Bonchev–Trinajstić information content (AvgIpc) is 3.17. The van der Waals surface area contributed by atoms with Gasteiger partial charge >= 0.3 is 5.97 Å². The van der Waals surface area contributed by atoms with E-state index >= 15 is 0 Å². The summed E-state index contributed by atoms with van der Waals surface area (Å²) in [6.45, 7) is 3.55. The van der Waals surface area contributed by atoms with Gasteiger partial charge in [-0.25, -0.2) is 9.78 Å². The van der Waals surface area contributed by atoms with E-state index in [-0.39, 0.29) is 19.6 Å². The third kappa shape index (κ3) is 5.04. The molecule has 0 aromatic carbocycles. The topological polar surface area (TPSA) is 102 Å². The van der Waals surface area contributed by atoms with Gasteiger partial charge in [-0.1, -0.05) is 12.1 Å². The highest BCUT2D eigenvalue weighted by Crippen LogP contribution is 2.23.